The summed E-state index contributed by atoms with van der Waals surface area (Å²) >= 11 is 0. The van der Waals surface area contributed by atoms with Gasteiger partial charge in [0.1, 0.15) is 17.3 Å². The number of aliphatic hydroxyl groups excluding tert-OH is 2. The van der Waals surface area contributed by atoms with Crippen LogP contribution in [0, 0.1) is 91.6 Å². The molecule has 0 amide bonds. The fourth-order valence-corrected chi connectivity index (χ4v) is 11.4. The van der Waals surface area contributed by atoms with Crippen molar-refractivity contribution >= 4 is 11.6 Å². The number of halogens is 1. The maximum atomic E-state index is 13.0. The number of aryl methyl sites for hydroxylation is 4. The SMILES string of the molecule is CC(C)(C)C(=O)C=C(O)C(C)(C)C.CC(C)(C)C(=O)C=C(O)C(C)(C)C.Cc1cc(-c2[c-]cccc2)ncc1-c1ccc(F)cc1.Cc1cc(-c2[c-]cccc2)ncc1-c1ccccc1.Cc1cccnc1-c1[c-]cccc1.[2H]c1c([2H])c([2H])c(-c2ccc(-c3[c-]cccc3)nc2)c([2H])c1[2H].[2H]c1c([2H])c([2H])c(-c2cnc(-c3[c-]cccc3)cc2C)c([2H])c1[2H].[Ir].[Ir].[Ir].[Ir].[c-]1ccccc1-c1ccccn1. The smallest absolute Gasteiger partial charge is 0.164 e. The van der Waals surface area contributed by atoms with Crippen LogP contribution in [0.2, 0.25) is 0 Å². The molecule has 2 N–H and O–H groups in total. The molecule has 16 aromatic rings. The van der Waals surface area contributed by atoms with E-state index in [1.54, 1.807) is 48.8 Å². The molecule has 0 unspecified atom stereocenters. The number of benzene rings is 10. The summed E-state index contributed by atoms with van der Waals surface area (Å²) in [6.45, 7) is 30.3. The molecule has 4 radical (unpaired) electrons. The predicted molar refractivity (Wildman–Crippen MR) is 521 cm³/mol. The minimum absolute atomic E-state index is 0. The Morgan fingerprint density at radius 2 is 0.626 bits per heavy atom. The number of carbonyl (C=O) groups excluding carboxylic acids is 2. The number of ketones is 2. The van der Waals surface area contributed by atoms with Crippen LogP contribution in [-0.4, -0.2) is 51.7 Å². The van der Waals surface area contributed by atoms with Gasteiger partial charge in [0, 0.05) is 168 Å². The third-order valence-electron chi connectivity index (χ3n) is 19.0. The Morgan fingerprint density at radius 1 is 0.305 bits per heavy atom. The molecule has 10 aromatic carbocycles. The van der Waals surface area contributed by atoms with E-state index >= 15 is 0 Å². The number of nitrogens with zero attached hydrogens (tertiary/aromatic N) is 6. The second-order valence-corrected chi connectivity index (χ2v) is 33.3. The predicted octanol–water partition coefficient (Wildman–Crippen LogP) is 29.5. The Kier molecular flexibility index (Phi) is 39.1. The van der Waals surface area contributed by atoms with E-state index in [4.69, 9.17) is 13.7 Å². The molecule has 6 aromatic heterocycles. The van der Waals surface area contributed by atoms with Crippen LogP contribution >= 0.6 is 0 Å². The number of rotatable bonds is 12. The normalized spacial score (nSPS) is 11.8. The van der Waals surface area contributed by atoms with E-state index in [0.29, 0.717) is 16.8 Å². The fourth-order valence-electron chi connectivity index (χ4n) is 11.4. The number of aromatic nitrogens is 6. The number of hydrogen-bond acceptors (Lipinski definition) is 10. The first-order chi connectivity index (χ1) is 64.9. The number of hydrogen-bond donors (Lipinski definition) is 2. The zero-order valence-corrected chi connectivity index (χ0v) is 85.6. The van der Waals surface area contributed by atoms with Gasteiger partial charge in [0.25, 0.3) is 0 Å². The molecule has 15 heteroatoms. The van der Waals surface area contributed by atoms with Gasteiger partial charge in [-0.05, 0) is 131 Å². The summed E-state index contributed by atoms with van der Waals surface area (Å²) in [6, 6.07) is 98.2. The average molecular weight is 2450 g/mol. The van der Waals surface area contributed by atoms with Crippen LogP contribution < -0.4 is 0 Å². The van der Waals surface area contributed by atoms with Crippen LogP contribution in [0.15, 0.2) is 382 Å². The van der Waals surface area contributed by atoms with Crippen molar-refractivity contribution < 1.29 is 118 Å². The van der Waals surface area contributed by atoms with E-state index < -0.39 is 22.9 Å². The quantitative estimate of drug-likeness (QED) is 0.0687. The van der Waals surface area contributed by atoms with Gasteiger partial charge in [0.05, 0.1) is 13.7 Å². The molecule has 0 aliphatic carbocycles. The molecule has 0 fully saturated rings. The van der Waals surface area contributed by atoms with Gasteiger partial charge in [-0.3, -0.25) is 9.59 Å². The molecule has 0 saturated carbocycles. The third-order valence-corrected chi connectivity index (χ3v) is 19.0. The van der Waals surface area contributed by atoms with Crippen LogP contribution in [0.25, 0.3) is 112 Å². The third kappa shape index (κ3) is 36.0. The van der Waals surface area contributed by atoms with Gasteiger partial charge in [-0.1, -0.05) is 240 Å². The molecule has 6 heterocycles. The van der Waals surface area contributed by atoms with E-state index in [1.165, 1.54) is 52.7 Å². The van der Waals surface area contributed by atoms with Gasteiger partial charge in [-0.15, -0.1) is 215 Å². The fraction of sp³-hybridized carbons (Fsp3) is 0.172. The standard InChI is InChI=1S/C18H13FN.2C18H14N.C17H12N.C12H10N.C11H8N.2C11H20O2.4Ir/c1-13-11-18(15-5-3-2-4-6-15)20-12-17(13)14-7-9-16(19)10-8-14;2*1-14-12-18(16-10-6-3-7-11-16)19-13-17(14)15-8-4-2-5-9-15;1-3-7-14(8-4-1)16-11-12-17(18-13-16)15-9-5-2-6-10-15;1-10-6-5-9-13-12(10)11-7-3-2-4-8-11;1-2-6-10(7-3-1)11-8-4-5-9-12-11;2*1-10(2,3)8(12)7-9(13)11(4,5)6;;;;/h2-5,7-12H,1H3;2*2-10,12-13H,1H3;1-9,11-13H;2-7,9H,1H3;1-6,8-9H;2*7,12H,1-6H3;;;;/q6*-1;;;;;;/i;2D,4D,5D,8D,9D;;1D,3D,4D,7D,8D;;;;;;;;. The first-order valence-corrected chi connectivity index (χ1v) is 41.3. The van der Waals surface area contributed by atoms with Gasteiger partial charge in [0.2, 0.25) is 0 Å². The zero-order valence-electron chi connectivity index (χ0n) is 86.1. The van der Waals surface area contributed by atoms with Gasteiger partial charge < -0.3 is 40.1 Å². The summed E-state index contributed by atoms with van der Waals surface area (Å²) in [5.74, 6) is -0.0189. The second-order valence-electron chi connectivity index (χ2n) is 33.3. The van der Waals surface area contributed by atoms with Crippen molar-refractivity contribution in [3.8, 4) is 112 Å². The minimum Gasteiger partial charge on any atom is -0.512 e. The summed E-state index contributed by atoms with van der Waals surface area (Å²) in [7, 11) is 0. The van der Waals surface area contributed by atoms with E-state index in [2.05, 4.69) is 104 Å². The van der Waals surface area contributed by atoms with Crippen LogP contribution in [0.5, 0.6) is 0 Å². The second kappa shape index (κ2) is 54.6. The first kappa shape index (κ1) is 93.7. The molecule has 16 rings (SSSR count). The molecular formula is C116H111FIr4N6O4-6. The van der Waals surface area contributed by atoms with Crippen molar-refractivity contribution in [2.75, 3.05) is 0 Å². The topological polar surface area (TPSA) is 152 Å². The van der Waals surface area contributed by atoms with E-state index in [1.807, 2.05) is 304 Å². The van der Waals surface area contributed by atoms with Crippen molar-refractivity contribution in [3.63, 3.8) is 0 Å². The van der Waals surface area contributed by atoms with Crippen molar-refractivity contribution in [1.82, 2.24) is 29.9 Å². The van der Waals surface area contributed by atoms with Crippen LogP contribution in [0.3, 0.4) is 0 Å². The molecule has 678 valence electrons. The summed E-state index contributed by atoms with van der Waals surface area (Å²) in [5.41, 5.74) is 19.6. The van der Waals surface area contributed by atoms with Crippen molar-refractivity contribution in [2.24, 2.45) is 21.7 Å². The van der Waals surface area contributed by atoms with E-state index in [9.17, 15) is 24.2 Å². The number of carbonyl (C=O) groups is 2. The monoisotopic (exact) mass is 2450 g/mol. The molecule has 131 heavy (non-hydrogen) atoms. The van der Waals surface area contributed by atoms with Gasteiger partial charge in [-0.25, -0.2) is 4.39 Å². The maximum Gasteiger partial charge on any atom is 0.164 e. The Hall–Kier alpha value is -12.0. The molecule has 10 nitrogen and oxygen atoms in total. The van der Waals surface area contributed by atoms with Gasteiger partial charge in [0.15, 0.2) is 11.6 Å². The van der Waals surface area contributed by atoms with Crippen molar-refractivity contribution in [1.29, 1.82) is 0 Å². The zero-order chi connectivity index (χ0) is 100. The summed E-state index contributed by atoms with van der Waals surface area (Å²) in [4.78, 5) is 49.2. The van der Waals surface area contributed by atoms with Gasteiger partial charge >= 0.3 is 0 Å². The largest absolute Gasteiger partial charge is 0.512 e. The van der Waals surface area contributed by atoms with Crippen LogP contribution in [-0.2, 0) is 90.0 Å². The summed E-state index contributed by atoms with van der Waals surface area (Å²) in [6.07, 6.45) is 13.1. The van der Waals surface area contributed by atoms with Crippen LogP contribution in [0.4, 0.5) is 4.39 Å². The molecular weight excluding hydrogens is 2330 g/mol. The number of aliphatic hydroxyl groups is 2. The summed E-state index contributed by atoms with van der Waals surface area (Å²) in [5, 5.41) is 19.1. The summed E-state index contributed by atoms with van der Waals surface area (Å²) < 4.78 is 91.5. The maximum absolute atomic E-state index is 13.0. The van der Waals surface area contributed by atoms with Crippen molar-refractivity contribution in [3.05, 3.63) is 447 Å². The molecule has 0 aliphatic rings. The van der Waals surface area contributed by atoms with Crippen LogP contribution in [0.1, 0.15) is 119 Å². The first-order valence-electron chi connectivity index (χ1n) is 46.3. The van der Waals surface area contributed by atoms with E-state index in [0.717, 1.165) is 84.1 Å². The molecule has 0 aliphatic heterocycles. The molecule has 0 saturated heterocycles. The average Bonchev–Trinajstić information content (AvgIpc) is 0.760. The Bertz CT molecular complexity index is 6630. The molecule has 0 spiro atoms. The molecule has 0 bridgehead atoms. The number of allylic oxidation sites excluding steroid dienone is 4. The Balaban J connectivity index is 0.000000287. The Morgan fingerprint density at radius 3 is 0.954 bits per heavy atom. The minimum atomic E-state index is -0.417. The molecule has 0 atom stereocenters. The Labute approximate surface area is 844 Å². The van der Waals surface area contributed by atoms with Gasteiger partial charge in [-0.2, -0.15) is 0 Å². The van der Waals surface area contributed by atoms with E-state index in [-0.39, 0.29) is 180 Å². The van der Waals surface area contributed by atoms with Crippen molar-refractivity contribution in [2.45, 2.75) is 111 Å². The number of pyridine rings is 6.